The van der Waals surface area contributed by atoms with Gasteiger partial charge in [0, 0.05) is 13.1 Å². The zero-order valence-corrected chi connectivity index (χ0v) is 11.3. The summed E-state index contributed by atoms with van der Waals surface area (Å²) in [6, 6.07) is 5.63. The maximum Gasteiger partial charge on any atom is 0.164 e. The van der Waals surface area contributed by atoms with Gasteiger partial charge in [-0.3, -0.25) is 4.68 Å². The molecule has 0 aliphatic carbocycles. The fraction of sp³-hybridized carbons (Fsp3) is 0.385. The monoisotopic (exact) mass is 262 g/mol. The summed E-state index contributed by atoms with van der Waals surface area (Å²) in [5, 5.41) is 3.99. The van der Waals surface area contributed by atoms with Crippen LogP contribution in [0, 0.1) is 0 Å². The largest absolute Gasteiger partial charge is 0.493 e. The highest BCUT2D eigenvalue weighted by Crippen LogP contribution is 2.30. The molecular weight excluding hydrogens is 244 g/mol. The van der Waals surface area contributed by atoms with Gasteiger partial charge in [0.1, 0.15) is 12.9 Å². The van der Waals surface area contributed by atoms with Gasteiger partial charge in [-0.25, -0.2) is 4.98 Å². The first-order valence-corrected chi connectivity index (χ1v) is 6.01. The number of hydrogen-bond acceptors (Lipinski definition) is 5. The summed E-state index contributed by atoms with van der Waals surface area (Å²) in [4.78, 5) is 4.10. The Morgan fingerprint density at radius 3 is 2.74 bits per heavy atom. The lowest BCUT2D eigenvalue weighted by Crippen LogP contribution is -2.07. The van der Waals surface area contributed by atoms with E-state index in [9.17, 15) is 0 Å². The van der Waals surface area contributed by atoms with Crippen molar-refractivity contribution in [3.05, 3.63) is 35.9 Å². The van der Waals surface area contributed by atoms with Gasteiger partial charge in [-0.15, -0.1) is 0 Å². The van der Waals surface area contributed by atoms with Crippen molar-refractivity contribution in [2.45, 2.75) is 19.6 Å². The van der Waals surface area contributed by atoms with Crippen LogP contribution in [0.15, 0.2) is 24.5 Å². The third kappa shape index (κ3) is 3.03. The molecule has 6 nitrogen and oxygen atoms in total. The molecule has 6 heteroatoms. The van der Waals surface area contributed by atoms with E-state index in [0.29, 0.717) is 18.1 Å². The van der Waals surface area contributed by atoms with Crippen molar-refractivity contribution in [1.82, 2.24) is 14.8 Å². The first-order valence-electron chi connectivity index (χ1n) is 6.01. The van der Waals surface area contributed by atoms with Gasteiger partial charge in [-0.05, 0) is 24.6 Å². The molecule has 0 saturated heterocycles. The van der Waals surface area contributed by atoms with Crippen LogP contribution in [-0.4, -0.2) is 21.9 Å². The predicted molar refractivity (Wildman–Crippen MR) is 70.9 cm³/mol. The number of aromatic nitrogens is 3. The van der Waals surface area contributed by atoms with Crippen molar-refractivity contribution in [2.24, 2.45) is 12.8 Å². The molecule has 102 valence electrons. The summed E-state index contributed by atoms with van der Waals surface area (Å²) < 4.78 is 12.7. The Kier molecular flexibility index (Phi) is 4.01. The first-order chi connectivity index (χ1) is 9.11. The second-order valence-corrected chi connectivity index (χ2v) is 4.29. The number of rotatable bonds is 5. The third-order valence-electron chi connectivity index (χ3n) is 2.88. The minimum absolute atomic E-state index is 0.0401. The fourth-order valence-electron chi connectivity index (χ4n) is 1.68. The van der Waals surface area contributed by atoms with E-state index in [0.717, 1.165) is 11.4 Å². The number of aryl methyl sites for hydroxylation is 1. The molecule has 0 radical (unpaired) electrons. The Hall–Kier alpha value is -2.08. The summed E-state index contributed by atoms with van der Waals surface area (Å²) >= 11 is 0. The highest BCUT2D eigenvalue weighted by atomic mass is 16.5. The maximum atomic E-state index is 5.84. The van der Waals surface area contributed by atoms with E-state index in [2.05, 4.69) is 10.1 Å². The van der Waals surface area contributed by atoms with Crippen LogP contribution in [0.5, 0.6) is 11.5 Å². The van der Waals surface area contributed by atoms with Crippen LogP contribution >= 0.6 is 0 Å². The average Bonchev–Trinajstić information content (AvgIpc) is 2.81. The lowest BCUT2D eigenvalue weighted by Gasteiger charge is -2.13. The summed E-state index contributed by atoms with van der Waals surface area (Å²) in [5.74, 6) is 2.07. The Labute approximate surface area is 112 Å². The Morgan fingerprint density at radius 2 is 2.16 bits per heavy atom. The normalized spacial score (nSPS) is 12.2. The van der Waals surface area contributed by atoms with E-state index in [-0.39, 0.29) is 6.04 Å². The molecule has 1 aromatic heterocycles. The SMILES string of the molecule is COc1cc(C(C)N)ccc1OCc1ncnn1C. The number of nitrogens with two attached hydrogens (primary N) is 1. The number of hydrogen-bond donors (Lipinski definition) is 1. The zero-order valence-electron chi connectivity index (χ0n) is 11.3. The summed E-state index contributed by atoms with van der Waals surface area (Å²) in [6.45, 7) is 2.26. The molecule has 1 atom stereocenters. The number of methoxy groups -OCH3 is 1. The van der Waals surface area contributed by atoms with Gasteiger partial charge in [0.2, 0.25) is 0 Å². The van der Waals surface area contributed by atoms with Crippen molar-refractivity contribution in [1.29, 1.82) is 0 Å². The molecule has 0 amide bonds. The van der Waals surface area contributed by atoms with Gasteiger partial charge in [-0.1, -0.05) is 6.07 Å². The van der Waals surface area contributed by atoms with Crippen molar-refractivity contribution >= 4 is 0 Å². The molecule has 0 spiro atoms. The molecule has 0 bridgehead atoms. The Balaban J connectivity index is 2.14. The van der Waals surface area contributed by atoms with Crippen molar-refractivity contribution in [2.75, 3.05) is 7.11 Å². The molecular formula is C13H18N4O2. The number of nitrogens with zero attached hydrogens (tertiary/aromatic N) is 3. The molecule has 19 heavy (non-hydrogen) atoms. The van der Waals surface area contributed by atoms with Gasteiger partial charge in [0.15, 0.2) is 17.3 Å². The highest BCUT2D eigenvalue weighted by Gasteiger charge is 2.09. The molecule has 1 unspecified atom stereocenters. The summed E-state index contributed by atoms with van der Waals surface area (Å²) in [7, 11) is 3.43. The van der Waals surface area contributed by atoms with E-state index in [1.807, 2.05) is 32.2 Å². The van der Waals surface area contributed by atoms with Gasteiger partial charge >= 0.3 is 0 Å². The standard InChI is InChI=1S/C13H18N4O2/c1-9(14)10-4-5-11(12(6-10)18-3)19-7-13-15-8-16-17(13)2/h4-6,8-9H,7,14H2,1-3H3. The summed E-state index contributed by atoms with van der Waals surface area (Å²) in [5.41, 5.74) is 6.84. The Morgan fingerprint density at radius 1 is 1.37 bits per heavy atom. The van der Waals surface area contributed by atoms with E-state index in [4.69, 9.17) is 15.2 Å². The van der Waals surface area contributed by atoms with Crippen LogP contribution < -0.4 is 15.2 Å². The molecule has 2 N–H and O–H groups in total. The van der Waals surface area contributed by atoms with Crippen molar-refractivity contribution in [3.63, 3.8) is 0 Å². The quantitative estimate of drug-likeness (QED) is 0.882. The third-order valence-corrected chi connectivity index (χ3v) is 2.88. The van der Waals surface area contributed by atoms with Gasteiger partial charge in [-0.2, -0.15) is 5.10 Å². The second-order valence-electron chi connectivity index (χ2n) is 4.29. The molecule has 1 aromatic carbocycles. The lowest BCUT2D eigenvalue weighted by atomic mass is 10.1. The van der Waals surface area contributed by atoms with Gasteiger partial charge < -0.3 is 15.2 Å². The first kappa shape index (κ1) is 13.4. The fourth-order valence-corrected chi connectivity index (χ4v) is 1.68. The lowest BCUT2D eigenvalue weighted by molar-refractivity contribution is 0.271. The number of benzene rings is 1. The topological polar surface area (TPSA) is 75.2 Å². The smallest absolute Gasteiger partial charge is 0.164 e. The van der Waals surface area contributed by atoms with Crippen LogP contribution in [-0.2, 0) is 13.7 Å². The van der Waals surface area contributed by atoms with E-state index < -0.39 is 0 Å². The average molecular weight is 262 g/mol. The van der Waals surface area contributed by atoms with Crippen molar-refractivity contribution in [3.8, 4) is 11.5 Å². The van der Waals surface area contributed by atoms with Gasteiger partial charge in [0.25, 0.3) is 0 Å². The van der Waals surface area contributed by atoms with Crippen LogP contribution in [0.2, 0.25) is 0 Å². The van der Waals surface area contributed by atoms with Crippen LogP contribution in [0.3, 0.4) is 0 Å². The molecule has 0 fully saturated rings. The highest BCUT2D eigenvalue weighted by molar-refractivity contribution is 5.43. The van der Waals surface area contributed by atoms with E-state index >= 15 is 0 Å². The van der Waals surface area contributed by atoms with Crippen molar-refractivity contribution < 1.29 is 9.47 Å². The summed E-state index contributed by atoms with van der Waals surface area (Å²) in [6.07, 6.45) is 1.50. The van der Waals surface area contributed by atoms with E-state index in [1.54, 1.807) is 11.8 Å². The van der Waals surface area contributed by atoms with Crippen LogP contribution in [0.25, 0.3) is 0 Å². The second kappa shape index (κ2) is 5.71. The molecule has 0 aliphatic rings. The zero-order chi connectivity index (χ0) is 13.8. The minimum atomic E-state index is -0.0401. The maximum absolute atomic E-state index is 5.84. The van der Waals surface area contributed by atoms with Crippen LogP contribution in [0.1, 0.15) is 24.4 Å². The van der Waals surface area contributed by atoms with Gasteiger partial charge in [0.05, 0.1) is 7.11 Å². The molecule has 2 aromatic rings. The predicted octanol–water partition coefficient (Wildman–Crippen LogP) is 1.42. The molecule has 2 rings (SSSR count). The molecule has 0 aliphatic heterocycles. The van der Waals surface area contributed by atoms with E-state index in [1.165, 1.54) is 6.33 Å². The minimum Gasteiger partial charge on any atom is -0.493 e. The van der Waals surface area contributed by atoms with Crippen LogP contribution in [0.4, 0.5) is 0 Å². The number of ether oxygens (including phenoxy) is 2. The molecule has 1 heterocycles. The Bertz CT molecular complexity index is 551. The molecule has 0 saturated carbocycles.